The van der Waals surface area contributed by atoms with Crippen LogP contribution in [0.4, 0.5) is 0 Å². The first-order valence-electron chi connectivity index (χ1n) is 24.7. The Kier molecular flexibility index (Phi) is 6.49. The third-order valence-electron chi connectivity index (χ3n) is 11.4. The number of benzene rings is 9. The molecule has 3 heterocycles. The van der Waals surface area contributed by atoms with Crippen LogP contribution in [0, 0.1) is 0 Å². The van der Waals surface area contributed by atoms with Crippen LogP contribution in [0.5, 0.6) is 0 Å². The van der Waals surface area contributed by atoms with E-state index in [-0.39, 0.29) is 23.2 Å². The van der Waals surface area contributed by atoms with Gasteiger partial charge < -0.3 is 4.57 Å². The average Bonchev–Trinajstić information content (AvgIpc) is 3.94. The van der Waals surface area contributed by atoms with Gasteiger partial charge >= 0.3 is 0 Å². The van der Waals surface area contributed by atoms with Crippen molar-refractivity contribution in [1.29, 1.82) is 0 Å². The standard InChI is InChI=1S/C57H37N5/c1-4-14-38(15-5-1)40-24-26-42(27-25-40)43-32-34-46(35-33-43)61-51-22-12-10-20-47(51)49-36-37-50-48-21-11-13-23-52(48)62(54(50)53(49)61)57-59-55(44-18-8-3-9-19-44)58-56(60-57)45-30-28-41(29-31-45)39-16-6-2-7-17-39/h1-37H/i2D,6D,7D,16D,17D,28D,29D,30D,31D. The van der Waals surface area contributed by atoms with Crippen LogP contribution in [-0.4, -0.2) is 24.1 Å². The molecule has 0 aliphatic carbocycles. The third kappa shape index (κ3) is 5.98. The van der Waals surface area contributed by atoms with Gasteiger partial charge in [-0.25, -0.2) is 4.98 Å². The Morgan fingerprint density at radius 1 is 0.306 bits per heavy atom. The van der Waals surface area contributed by atoms with E-state index >= 15 is 0 Å². The smallest absolute Gasteiger partial charge is 0.238 e. The first-order chi connectivity index (χ1) is 34.5. The second kappa shape index (κ2) is 14.7. The highest BCUT2D eigenvalue weighted by atomic mass is 15.2. The van der Waals surface area contributed by atoms with Crippen LogP contribution in [0.2, 0.25) is 0 Å². The summed E-state index contributed by atoms with van der Waals surface area (Å²) in [5, 5.41) is 3.86. The number of fused-ring (bicyclic) bond motifs is 7. The molecule has 0 saturated carbocycles. The molecule has 62 heavy (non-hydrogen) atoms. The van der Waals surface area contributed by atoms with Crippen LogP contribution in [0.1, 0.15) is 12.3 Å². The van der Waals surface area contributed by atoms with Gasteiger partial charge in [0.25, 0.3) is 0 Å². The number of rotatable bonds is 7. The van der Waals surface area contributed by atoms with Crippen molar-refractivity contribution >= 4 is 43.6 Å². The fourth-order valence-electron chi connectivity index (χ4n) is 8.48. The van der Waals surface area contributed by atoms with Crippen molar-refractivity contribution in [3.05, 3.63) is 224 Å². The van der Waals surface area contributed by atoms with Crippen LogP contribution in [0.3, 0.4) is 0 Å². The summed E-state index contributed by atoms with van der Waals surface area (Å²) in [5.74, 6) is 0.220. The predicted molar refractivity (Wildman–Crippen MR) is 256 cm³/mol. The van der Waals surface area contributed by atoms with Crippen molar-refractivity contribution in [2.75, 3.05) is 0 Å². The lowest BCUT2D eigenvalue weighted by molar-refractivity contribution is 0.953. The van der Waals surface area contributed by atoms with Gasteiger partial charge in [0.15, 0.2) is 11.6 Å². The van der Waals surface area contributed by atoms with Crippen molar-refractivity contribution in [3.8, 4) is 67.8 Å². The highest BCUT2D eigenvalue weighted by molar-refractivity contribution is 6.23. The highest BCUT2D eigenvalue weighted by Gasteiger charge is 2.23. The minimum absolute atomic E-state index is 0.149. The molecule has 0 radical (unpaired) electrons. The summed E-state index contributed by atoms with van der Waals surface area (Å²) in [6.45, 7) is 0. The summed E-state index contributed by atoms with van der Waals surface area (Å²) in [6, 6.07) is 51.6. The van der Waals surface area contributed by atoms with Crippen LogP contribution in [0.25, 0.3) is 111 Å². The monoisotopic (exact) mass is 800 g/mol. The molecular formula is C57H37N5. The average molecular weight is 801 g/mol. The zero-order chi connectivity index (χ0) is 48.8. The van der Waals surface area contributed by atoms with Crippen molar-refractivity contribution in [3.63, 3.8) is 0 Å². The van der Waals surface area contributed by atoms with Gasteiger partial charge in [0.05, 0.1) is 34.4 Å². The molecule has 0 saturated heterocycles. The molecule has 12 rings (SSSR count). The molecule has 12 aromatic rings. The van der Waals surface area contributed by atoms with E-state index in [4.69, 9.17) is 21.8 Å². The molecule has 0 aliphatic heterocycles. The van der Waals surface area contributed by atoms with Gasteiger partial charge in [-0.05, 0) is 57.6 Å². The first-order valence-corrected chi connectivity index (χ1v) is 20.2. The van der Waals surface area contributed by atoms with E-state index in [9.17, 15) is 5.48 Å². The Labute approximate surface area is 371 Å². The predicted octanol–water partition coefficient (Wildman–Crippen LogP) is 14.4. The fourth-order valence-corrected chi connectivity index (χ4v) is 8.48. The van der Waals surface area contributed by atoms with Crippen molar-refractivity contribution in [1.82, 2.24) is 24.1 Å². The minimum atomic E-state index is -0.655. The molecular weight excluding hydrogens is 755 g/mol. The molecule has 0 aliphatic rings. The molecule has 5 heteroatoms. The molecule has 0 bridgehead atoms. The van der Waals surface area contributed by atoms with Gasteiger partial charge in [0.2, 0.25) is 5.95 Å². The Balaban J connectivity index is 1.10. The SMILES string of the molecule is [2H]c1c([2H])c([2H])c(-c2c([2H])c([2H])c(-c3nc(-c4ccccc4)nc(-n4c5ccccc5c5ccc6c7ccccc7n(-c7ccc(-c8ccc(-c9ccccc9)cc8)cc7)c6c54)n3)c([2H])c2[2H])c([2H])c1[2H]. The number of aromatic nitrogens is 5. The van der Waals surface area contributed by atoms with E-state index < -0.39 is 65.5 Å². The minimum Gasteiger partial charge on any atom is -0.307 e. The fraction of sp³-hybridized carbons (Fsp3) is 0. The molecule has 3 aromatic heterocycles. The number of hydrogen-bond donors (Lipinski definition) is 0. The summed E-state index contributed by atoms with van der Waals surface area (Å²) in [4.78, 5) is 15.0. The zero-order valence-corrected chi connectivity index (χ0v) is 32.9. The molecule has 9 aromatic carbocycles. The Morgan fingerprint density at radius 3 is 1.34 bits per heavy atom. The molecule has 0 unspecified atom stereocenters. The van der Waals surface area contributed by atoms with E-state index in [0.717, 1.165) is 71.6 Å². The second-order valence-electron chi connectivity index (χ2n) is 15.0. The largest absolute Gasteiger partial charge is 0.307 e. The maximum absolute atomic E-state index is 9.39. The van der Waals surface area contributed by atoms with E-state index in [1.165, 1.54) is 0 Å². The molecule has 0 N–H and O–H groups in total. The molecule has 5 nitrogen and oxygen atoms in total. The number of nitrogens with zero attached hydrogens (tertiary/aromatic N) is 5. The van der Waals surface area contributed by atoms with Gasteiger partial charge in [-0.15, -0.1) is 0 Å². The summed E-state index contributed by atoms with van der Waals surface area (Å²) >= 11 is 0. The summed E-state index contributed by atoms with van der Waals surface area (Å²) < 4.78 is 83.4. The molecule has 0 spiro atoms. The number of para-hydroxylation sites is 2. The Morgan fingerprint density at radius 2 is 0.742 bits per heavy atom. The highest BCUT2D eigenvalue weighted by Crippen LogP contribution is 2.42. The lowest BCUT2D eigenvalue weighted by Crippen LogP contribution is -2.07. The van der Waals surface area contributed by atoms with Crippen LogP contribution in [0.15, 0.2) is 224 Å². The van der Waals surface area contributed by atoms with Gasteiger partial charge in [-0.3, -0.25) is 4.57 Å². The Hall–Kier alpha value is -8.41. The first kappa shape index (κ1) is 27.4. The maximum Gasteiger partial charge on any atom is 0.238 e. The lowest BCUT2D eigenvalue weighted by Gasteiger charge is -2.14. The van der Waals surface area contributed by atoms with Crippen molar-refractivity contribution < 1.29 is 12.3 Å². The number of hydrogen-bond acceptors (Lipinski definition) is 3. The Bertz CT molecular complexity index is 4080. The topological polar surface area (TPSA) is 48.5 Å². The molecule has 0 atom stereocenters. The molecule has 0 fully saturated rings. The summed E-state index contributed by atoms with van der Waals surface area (Å²) in [5.41, 5.74) is 8.31. The van der Waals surface area contributed by atoms with E-state index in [1.807, 2.05) is 89.5 Å². The zero-order valence-electron chi connectivity index (χ0n) is 41.9. The van der Waals surface area contributed by atoms with E-state index in [2.05, 4.69) is 89.5 Å². The van der Waals surface area contributed by atoms with Crippen LogP contribution < -0.4 is 0 Å². The van der Waals surface area contributed by atoms with E-state index in [0.29, 0.717) is 5.56 Å². The summed E-state index contributed by atoms with van der Waals surface area (Å²) in [6.07, 6.45) is 0. The van der Waals surface area contributed by atoms with Gasteiger partial charge in [-0.1, -0.05) is 200 Å². The van der Waals surface area contributed by atoms with Crippen molar-refractivity contribution in [2.45, 2.75) is 0 Å². The lowest BCUT2D eigenvalue weighted by atomic mass is 10.0. The van der Waals surface area contributed by atoms with Crippen LogP contribution >= 0.6 is 0 Å². The van der Waals surface area contributed by atoms with Crippen LogP contribution in [-0.2, 0) is 0 Å². The molecule has 290 valence electrons. The quantitative estimate of drug-likeness (QED) is 0.161. The van der Waals surface area contributed by atoms with Crippen molar-refractivity contribution in [2.24, 2.45) is 0 Å². The van der Waals surface area contributed by atoms with Gasteiger partial charge in [0, 0.05) is 38.4 Å². The maximum atomic E-state index is 9.39. The summed E-state index contributed by atoms with van der Waals surface area (Å²) in [7, 11) is 0. The van der Waals surface area contributed by atoms with Gasteiger partial charge in [-0.2, -0.15) is 9.97 Å². The normalized spacial score (nSPS) is 13.6. The molecule has 0 amide bonds. The second-order valence-corrected chi connectivity index (χ2v) is 15.0. The third-order valence-corrected chi connectivity index (χ3v) is 11.4. The van der Waals surface area contributed by atoms with Gasteiger partial charge in [0.1, 0.15) is 0 Å². The van der Waals surface area contributed by atoms with E-state index in [1.54, 1.807) is 0 Å².